The van der Waals surface area contributed by atoms with E-state index in [4.69, 9.17) is 9.15 Å². The summed E-state index contributed by atoms with van der Waals surface area (Å²) in [7, 11) is 1.68. The summed E-state index contributed by atoms with van der Waals surface area (Å²) < 4.78 is 10.7. The molecule has 0 saturated carbocycles. The maximum absolute atomic E-state index is 12.0. The highest BCUT2D eigenvalue weighted by Crippen LogP contribution is 2.28. The minimum Gasteiger partial charge on any atom is -0.508 e. The maximum Gasteiger partial charge on any atom is 0.336 e. The molecule has 3 aromatic rings. The molecule has 6 nitrogen and oxygen atoms in total. The first-order chi connectivity index (χ1) is 13.5. The van der Waals surface area contributed by atoms with Crippen molar-refractivity contribution < 1.29 is 14.3 Å². The molecule has 146 valence electrons. The van der Waals surface area contributed by atoms with Crippen molar-refractivity contribution in [2.24, 2.45) is 0 Å². The van der Waals surface area contributed by atoms with E-state index in [2.05, 4.69) is 21.9 Å². The van der Waals surface area contributed by atoms with Gasteiger partial charge in [0.25, 0.3) is 0 Å². The van der Waals surface area contributed by atoms with Gasteiger partial charge in [0, 0.05) is 61.5 Å². The Balaban J connectivity index is 1.51. The number of fused-ring (bicyclic) bond motifs is 1. The summed E-state index contributed by atoms with van der Waals surface area (Å²) in [4.78, 5) is 16.7. The number of rotatable bonds is 4. The number of anilines is 1. The molecular weight excluding hydrogens is 356 g/mol. The van der Waals surface area contributed by atoms with Crippen LogP contribution in [0.4, 0.5) is 5.69 Å². The predicted molar refractivity (Wildman–Crippen MR) is 109 cm³/mol. The van der Waals surface area contributed by atoms with Crippen LogP contribution < -0.4 is 15.3 Å². The summed E-state index contributed by atoms with van der Waals surface area (Å²) in [5.74, 6) is 1.00. The quantitative estimate of drug-likeness (QED) is 0.702. The van der Waals surface area contributed by atoms with E-state index in [1.165, 1.54) is 0 Å². The first-order valence-electron chi connectivity index (χ1n) is 9.42. The van der Waals surface area contributed by atoms with E-state index >= 15 is 0 Å². The Morgan fingerprint density at radius 2 is 1.89 bits per heavy atom. The number of piperazine rings is 1. The van der Waals surface area contributed by atoms with Crippen molar-refractivity contribution in [3.63, 3.8) is 0 Å². The summed E-state index contributed by atoms with van der Waals surface area (Å²) in [5.41, 5.74) is 2.78. The van der Waals surface area contributed by atoms with Crippen molar-refractivity contribution in [2.45, 2.75) is 13.5 Å². The van der Waals surface area contributed by atoms with Gasteiger partial charge in [0.15, 0.2) is 0 Å². The lowest BCUT2D eigenvalue weighted by Gasteiger charge is -2.36. The molecule has 1 aromatic heterocycles. The number of phenols is 1. The monoisotopic (exact) mass is 380 g/mol. The van der Waals surface area contributed by atoms with Gasteiger partial charge in [-0.25, -0.2) is 4.79 Å². The van der Waals surface area contributed by atoms with Crippen LogP contribution in [-0.2, 0) is 6.54 Å². The number of ether oxygens (including phenoxy) is 1. The number of hydrogen-bond donors (Lipinski definition) is 1. The van der Waals surface area contributed by atoms with Gasteiger partial charge in [-0.15, -0.1) is 0 Å². The SMILES string of the molecule is COc1cccc(N2CCN(Cc3cc(=O)oc4c(C)c(O)ccc34)CC2)c1. The van der Waals surface area contributed by atoms with Crippen LogP contribution in [0.3, 0.4) is 0 Å². The van der Waals surface area contributed by atoms with E-state index in [1.54, 1.807) is 26.2 Å². The second kappa shape index (κ2) is 7.56. The van der Waals surface area contributed by atoms with Crippen LogP contribution in [0.1, 0.15) is 11.1 Å². The Bertz CT molecular complexity index is 1050. The molecule has 1 aliphatic rings. The van der Waals surface area contributed by atoms with Crippen LogP contribution >= 0.6 is 0 Å². The van der Waals surface area contributed by atoms with E-state index in [0.29, 0.717) is 17.7 Å². The summed E-state index contributed by atoms with van der Waals surface area (Å²) in [6, 6.07) is 13.2. The molecular formula is C22H24N2O4. The molecule has 0 atom stereocenters. The molecule has 28 heavy (non-hydrogen) atoms. The predicted octanol–water partition coefficient (Wildman–Crippen LogP) is 3.14. The van der Waals surface area contributed by atoms with Gasteiger partial charge in [-0.3, -0.25) is 4.90 Å². The highest BCUT2D eigenvalue weighted by Gasteiger charge is 2.19. The van der Waals surface area contributed by atoms with Gasteiger partial charge in [-0.2, -0.15) is 0 Å². The number of nitrogens with zero attached hydrogens (tertiary/aromatic N) is 2. The van der Waals surface area contributed by atoms with E-state index in [0.717, 1.165) is 48.6 Å². The molecule has 1 aliphatic heterocycles. The van der Waals surface area contributed by atoms with Crippen molar-refractivity contribution in [3.05, 3.63) is 64.0 Å². The molecule has 2 heterocycles. The summed E-state index contributed by atoms with van der Waals surface area (Å²) in [6.07, 6.45) is 0. The average Bonchev–Trinajstić information content (AvgIpc) is 2.71. The number of phenolic OH excluding ortho intramolecular Hbond substituents is 1. The Kier molecular flexibility index (Phi) is 4.96. The Hall–Kier alpha value is -2.99. The lowest BCUT2D eigenvalue weighted by Crippen LogP contribution is -2.46. The normalized spacial score (nSPS) is 15.1. The van der Waals surface area contributed by atoms with E-state index in [9.17, 15) is 9.90 Å². The van der Waals surface area contributed by atoms with E-state index in [1.807, 2.05) is 18.2 Å². The van der Waals surface area contributed by atoms with Gasteiger partial charge in [-0.05, 0) is 36.8 Å². The summed E-state index contributed by atoms with van der Waals surface area (Å²) in [6.45, 7) is 6.06. The Morgan fingerprint density at radius 3 is 2.64 bits per heavy atom. The standard InChI is InChI=1S/C22H24N2O4/c1-15-20(25)7-6-19-16(12-21(26)28-22(15)19)14-23-8-10-24(11-9-23)17-4-3-5-18(13-17)27-2/h3-7,12-13,25H,8-11,14H2,1-2H3. The van der Waals surface area contributed by atoms with Gasteiger partial charge in [0.05, 0.1) is 7.11 Å². The molecule has 1 saturated heterocycles. The van der Waals surface area contributed by atoms with Gasteiger partial charge in [0.2, 0.25) is 0 Å². The Labute approximate surface area is 163 Å². The molecule has 0 aliphatic carbocycles. The highest BCUT2D eigenvalue weighted by atomic mass is 16.5. The largest absolute Gasteiger partial charge is 0.508 e. The molecule has 2 aromatic carbocycles. The fourth-order valence-electron chi connectivity index (χ4n) is 3.76. The maximum atomic E-state index is 12.0. The van der Waals surface area contributed by atoms with Gasteiger partial charge in [-0.1, -0.05) is 6.07 Å². The smallest absolute Gasteiger partial charge is 0.336 e. The molecule has 0 amide bonds. The van der Waals surface area contributed by atoms with Gasteiger partial charge < -0.3 is 19.2 Å². The molecule has 4 rings (SSSR count). The first-order valence-corrected chi connectivity index (χ1v) is 9.42. The van der Waals surface area contributed by atoms with Crippen molar-refractivity contribution in [1.82, 2.24) is 4.90 Å². The van der Waals surface area contributed by atoms with Crippen LogP contribution in [0.2, 0.25) is 0 Å². The topological polar surface area (TPSA) is 66.2 Å². The molecule has 0 unspecified atom stereocenters. The van der Waals surface area contributed by atoms with Crippen LogP contribution in [0.15, 0.2) is 51.7 Å². The first kappa shape index (κ1) is 18.4. The minimum atomic E-state index is -0.383. The third-order valence-corrected chi connectivity index (χ3v) is 5.40. The minimum absolute atomic E-state index is 0.139. The third-order valence-electron chi connectivity index (χ3n) is 5.40. The zero-order valence-electron chi connectivity index (χ0n) is 16.1. The van der Waals surface area contributed by atoms with Crippen LogP contribution in [0, 0.1) is 6.92 Å². The molecule has 1 N–H and O–H groups in total. The van der Waals surface area contributed by atoms with Crippen LogP contribution in [-0.4, -0.2) is 43.3 Å². The fraction of sp³-hybridized carbons (Fsp3) is 0.318. The average molecular weight is 380 g/mol. The zero-order valence-corrected chi connectivity index (χ0v) is 16.1. The number of methoxy groups -OCH3 is 1. The number of hydrogen-bond acceptors (Lipinski definition) is 6. The lowest BCUT2D eigenvalue weighted by molar-refractivity contribution is 0.250. The second-order valence-electron chi connectivity index (χ2n) is 7.14. The highest BCUT2D eigenvalue weighted by molar-refractivity contribution is 5.84. The third kappa shape index (κ3) is 3.55. The van der Waals surface area contributed by atoms with E-state index in [-0.39, 0.29) is 11.4 Å². The van der Waals surface area contributed by atoms with Crippen molar-refractivity contribution in [1.29, 1.82) is 0 Å². The van der Waals surface area contributed by atoms with Crippen molar-refractivity contribution in [2.75, 3.05) is 38.2 Å². The molecule has 0 spiro atoms. The van der Waals surface area contributed by atoms with Crippen molar-refractivity contribution >= 4 is 16.7 Å². The van der Waals surface area contributed by atoms with Crippen LogP contribution in [0.25, 0.3) is 11.0 Å². The van der Waals surface area contributed by atoms with E-state index < -0.39 is 0 Å². The second-order valence-corrected chi connectivity index (χ2v) is 7.14. The zero-order chi connectivity index (χ0) is 19.7. The van der Waals surface area contributed by atoms with Crippen LogP contribution in [0.5, 0.6) is 11.5 Å². The fourth-order valence-corrected chi connectivity index (χ4v) is 3.76. The number of benzene rings is 2. The molecule has 1 fully saturated rings. The van der Waals surface area contributed by atoms with Gasteiger partial charge in [0.1, 0.15) is 17.1 Å². The lowest BCUT2D eigenvalue weighted by atomic mass is 10.1. The number of aryl methyl sites for hydroxylation is 1. The molecule has 0 radical (unpaired) electrons. The Morgan fingerprint density at radius 1 is 1.11 bits per heavy atom. The van der Waals surface area contributed by atoms with Gasteiger partial charge >= 0.3 is 5.63 Å². The summed E-state index contributed by atoms with van der Waals surface area (Å²) in [5, 5.41) is 10.8. The number of aromatic hydroxyl groups is 1. The van der Waals surface area contributed by atoms with Crippen molar-refractivity contribution in [3.8, 4) is 11.5 Å². The molecule has 6 heteroatoms. The summed E-state index contributed by atoms with van der Waals surface area (Å²) >= 11 is 0. The molecule has 0 bridgehead atoms.